The number of amides is 1. The highest BCUT2D eigenvalue weighted by Crippen LogP contribution is 2.32. The molecule has 1 heterocycles. The predicted octanol–water partition coefficient (Wildman–Crippen LogP) is 2.12. The van der Waals surface area contributed by atoms with E-state index in [-0.39, 0.29) is 5.69 Å². The lowest BCUT2D eigenvalue weighted by molar-refractivity contribution is 0.0996. The fraction of sp³-hybridized carbons (Fsp3) is 0.250. The molecule has 0 aliphatic heterocycles. The number of ether oxygens (including phenoxy) is 1. The zero-order valence-corrected chi connectivity index (χ0v) is 11.9. The van der Waals surface area contributed by atoms with E-state index in [1.807, 2.05) is 19.1 Å². The molecule has 0 aliphatic carbocycles. The number of aromatic amines is 1. The summed E-state index contributed by atoms with van der Waals surface area (Å²) in [6.07, 6.45) is 0.882. The van der Waals surface area contributed by atoms with Crippen molar-refractivity contribution in [3.05, 3.63) is 28.4 Å². The number of nitrogens with zero attached hydrogens (tertiary/aromatic N) is 2. The lowest BCUT2D eigenvalue weighted by atomic mass is 10.1. The number of nitrogens with one attached hydrogen (secondary N) is 1. The lowest BCUT2D eigenvalue weighted by Crippen LogP contribution is -2.13. The van der Waals surface area contributed by atoms with Crippen LogP contribution in [0.15, 0.2) is 22.7 Å². The maximum absolute atomic E-state index is 11.3. The van der Waals surface area contributed by atoms with Crippen LogP contribution in [0, 0.1) is 0 Å². The van der Waals surface area contributed by atoms with Gasteiger partial charge in [-0.25, -0.2) is 0 Å². The van der Waals surface area contributed by atoms with Gasteiger partial charge in [-0.3, -0.25) is 4.79 Å². The largest absolute Gasteiger partial charge is 0.493 e. The predicted molar refractivity (Wildman–Crippen MR) is 73.8 cm³/mol. The molecule has 1 aromatic carbocycles. The number of H-pyrrole nitrogens is 1. The van der Waals surface area contributed by atoms with E-state index >= 15 is 0 Å². The van der Waals surface area contributed by atoms with Crippen LogP contribution in [0.25, 0.3) is 11.3 Å². The van der Waals surface area contributed by atoms with E-state index in [1.165, 1.54) is 0 Å². The first-order valence-corrected chi connectivity index (χ1v) is 6.56. The van der Waals surface area contributed by atoms with Crippen molar-refractivity contribution in [1.82, 2.24) is 15.4 Å². The minimum absolute atomic E-state index is 0.101. The summed E-state index contributed by atoms with van der Waals surface area (Å²) in [7, 11) is 0. The number of primary amides is 1. The maximum Gasteiger partial charge on any atom is 0.271 e. The zero-order valence-electron chi connectivity index (χ0n) is 10.3. The first-order chi connectivity index (χ1) is 9.13. The van der Waals surface area contributed by atoms with Crippen molar-refractivity contribution in [1.29, 1.82) is 0 Å². The Balaban J connectivity index is 2.48. The molecule has 3 N–H and O–H groups in total. The van der Waals surface area contributed by atoms with Crippen LogP contribution in [-0.4, -0.2) is 27.9 Å². The average molecular weight is 325 g/mol. The summed E-state index contributed by atoms with van der Waals surface area (Å²) in [5.74, 6) is 0.000681. The molecule has 0 saturated carbocycles. The van der Waals surface area contributed by atoms with E-state index in [2.05, 4.69) is 31.3 Å². The Bertz CT molecular complexity index is 597. The highest BCUT2D eigenvalue weighted by molar-refractivity contribution is 9.10. The molecule has 0 aliphatic rings. The molecule has 0 atom stereocenters. The van der Waals surface area contributed by atoms with E-state index in [0.29, 0.717) is 23.6 Å². The van der Waals surface area contributed by atoms with Crippen molar-refractivity contribution in [2.75, 3.05) is 6.61 Å². The number of halogens is 1. The molecule has 1 aromatic heterocycles. The van der Waals surface area contributed by atoms with Crippen molar-refractivity contribution in [3.63, 3.8) is 0 Å². The van der Waals surface area contributed by atoms with Crippen LogP contribution in [0.5, 0.6) is 5.75 Å². The SMILES string of the molecule is CCCOc1cc(Br)ccc1-c1n[nH]nc1C(N)=O. The van der Waals surface area contributed by atoms with Crippen molar-refractivity contribution < 1.29 is 9.53 Å². The quantitative estimate of drug-likeness (QED) is 0.880. The van der Waals surface area contributed by atoms with Gasteiger partial charge in [-0.1, -0.05) is 22.9 Å². The molecule has 0 saturated heterocycles. The van der Waals surface area contributed by atoms with Gasteiger partial charge in [-0.05, 0) is 24.6 Å². The van der Waals surface area contributed by atoms with Crippen LogP contribution < -0.4 is 10.5 Å². The molecule has 0 bridgehead atoms. The van der Waals surface area contributed by atoms with E-state index in [1.54, 1.807) is 6.07 Å². The Morgan fingerprint density at radius 1 is 1.47 bits per heavy atom. The Labute approximate surface area is 118 Å². The second-order valence-corrected chi connectivity index (χ2v) is 4.79. The van der Waals surface area contributed by atoms with E-state index in [0.717, 1.165) is 10.9 Å². The summed E-state index contributed by atoms with van der Waals surface area (Å²) in [5, 5.41) is 10.1. The summed E-state index contributed by atoms with van der Waals surface area (Å²) < 4.78 is 6.54. The molecule has 0 fully saturated rings. The Kier molecular flexibility index (Phi) is 4.16. The molecule has 1 amide bonds. The Morgan fingerprint density at radius 3 is 2.95 bits per heavy atom. The molecular formula is C12H13BrN4O2. The van der Waals surface area contributed by atoms with Gasteiger partial charge in [0.15, 0.2) is 5.69 Å². The molecule has 2 rings (SSSR count). The third-order valence-electron chi connectivity index (χ3n) is 2.44. The first-order valence-electron chi connectivity index (χ1n) is 5.76. The van der Waals surface area contributed by atoms with Crippen LogP contribution in [-0.2, 0) is 0 Å². The number of rotatable bonds is 5. The van der Waals surface area contributed by atoms with Gasteiger partial charge in [0, 0.05) is 10.0 Å². The van der Waals surface area contributed by atoms with E-state index in [4.69, 9.17) is 10.5 Å². The minimum Gasteiger partial charge on any atom is -0.493 e. The van der Waals surface area contributed by atoms with Gasteiger partial charge >= 0.3 is 0 Å². The number of aromatic nitrogens is 3. The number of carbonyl (C=O) groups is 1. The summed E-state index contributed by atoms with van der Waals surface area (Å²) in [5.41, 5.74) is 6.44. The van der Waals surface area contributed by atoms with Crippen molar-refractivity contribution >= 4 is 21.8 Å². The van der Waals surface area contributed by atoms with E-state index in [9.17, 15) is 4.79 Å². The van der Waals surface area contributed by atoms with Crippen molar-refractivity contribution in [2.24, 2.45) is 5.73 Å². The van der Waals surface area contributed by atoms with Gasteiger partial charge in [0.05, 0.1) is 6.61 Å². The number of benzene rings is 1. The number of hydrogen-bond acceptors (Lipinski definition) is 4. The second kappa shape index (κ2) is 5.83. The second-order valence-electron chi connectivity index (χ2n) is 3.87. The van der Waals surface area contributed by atoms with Crippen molar-refractivity contribution in [3.8, 4) is 17.0 Å². The van der Waals surface area contributed by atoms with Gasteiger partial charge in [0.1, 0.15) is 11.4 Å². The zero-order chi connectivity index (χ0) is 13.8. The summed E-state index contributed by atoms with van der Waals surface area (Å²) in [6.45, 7) is 2.59. The van der Waals surface area contributed by atoms with Crippen molar-refractivity contribution in [2.45, 2.75) is 13.3 Å². The minimum atomic E-state index is -0.631. The van der Waals surface area contributed by atoms with Gasteiger partial charge in [0.25, 0.3) is 5.91 Å². The molecule has 0 unspecified atom stereocenters. The highest BCUT2D eigenvalue weighted by atomic mass is 79.9. The molecule has 19 heavy (non-hydrogen) atoms. The monoisotopic (exact) mass is 324 g/mol. The first kappa shape index (κ1) is 13.5. The number of hydrogen-bond donors (Lipinski definition) is 2. The molecule has 0 spiro atoms. The molecule has 2 aromatic rings. The fourth-order valence-electron chi connectivity index (χ4n) is 1.61. The topological polar surface area (TPSA) is 93.9 Å². The molecule has 0 radical (unpaired) electrons. The number of carbonyl (C=O) groups excluding carboxylic acids is 1. The third kappa shape index (κ3) is 2.93. The molecule has 100 valence electrons. The smallest absolute Gasteiger partial charge is 0.271 e. The highest BCUT2D eigenvalue weighted by Gasteiger charge is 2.18. The van der Waals surface area contributed by atoms with Crippen LogP contribution in [0.3, 0.4) is 0 Å². The molecule has 7 heteroatoms. The van der Waals surface area contributed by atoms with Crippen LogP contribution in [0.1, 0.15) is 23.8 Å². The van der Waals surface area contributed by atoms with Crippen LogP contribution in [0.4, 0.5) is 0 Å². The van der Waals surface area contributed by atoms with Crippen LogP contribution in [0.2, 0.25) is 0 Å². The summed E-state index contributed by atoms with van der Waals surface area (Å²) in [6, 6.07) is 5.47. The normalized spacial score (nSPS) is 10.4. The summed E-state index contributed by atoms with van der Waals surface area (Å²) >= 11 is 3.38. The molecular weight excluding hydrogens is 312 g/mol. The number of nitrogens with two attached hydrogens (primary N) is 1. The standard InChI is InChI=1S/C12H13BrN4O2/c1-2-5-19-9-6-7(13)3-4-8(9)10-11(12(14)18)16-17-15-10/h3-4,6H,2,5H2,1H3,(H2,14,18)(H,15,16,17). The Morgan fingerprint density at radius 2 is 2.26 bits per heavy atom. The molecule has 6 nitrogen and oxygen atoms in total. The van der Waals surface area contributed by atoms with Crippen LogP contribution >= 0.6 is 15.9 Å². The third-order valence-corrected chi connectivity index (χ3v) is 2.94. The summed E-state index contributed by atoms with van der Waals surface area (Å²) in [4.78, 5) is 11.3. The average Bonchev–Trinajstić information content (AvgIpc) is 2.85. The van der Waals surface area contributed by atoms with Gasteiger partial charge < -0.3 is 10.5 Å². The Hall–Kier alpha value is -1.89. The van der Waals surface area contributed by atoms with Gasteiger partial charge in [-0.2, -0.15) is 15.4 Å². The van der Waals surface area contributed by atoms with E-state index < -0.39 is 5.91 Å². The maximum atomic E-state index is 11.3. The van der Waals surface area contributed by atoms with Gasteiger partial charge in [0.2, 0.25) is 0 Å². The fourth-order valence-corrected chi connectivity index (χ4v) is 1.95. The van der Waals surface area contributed by atoms with Gasteiger partial charge in [-0.15, -0.1) is 0 Å². The lowest BCUT2D eigenvalue weighted by Gasteiger charge is -2.10.